The number of anilines is 1. The summed E-state index contributed by atoms with van der Waals surface area (Å²) in [7, 11) is 0. The summed E-state index contributed by atoms with van der Waals surface area (Å²) >= 11 is 6.04. The van der Waals surface area contributed by atoms with Gasteiger partial charge in [-0.2, -0.15) is 10.5 Å². The predicted octanol–water partition coefficient (Wildman–Crippen LogP) is 2.94. The molecule has 0 unspecified atom stereocenters. The van der Waals surface area contributed by atoms with E-state index in [1.165, 1.54) is 15.7 Å². The minimum absolute atomic E-state index is 0.0196. The normalized spacial score (nSPS) is 10.0. The molecule has 0 fully saturated rings. The number of hydrogen-bond donors (Lipinski definition) is 0. The standard InChI is InChI=1S/C19H17ClN4O2/c1-13-6-9-23(19(26)16(13)11-22)12-18(25)24(8-3-7-21)15-4-5-17(20)14(2)10-15/h4-6,9-10H,3,8,12H2,1-2H3. The second-order valence-electron chi connectivity index (χ2n) is 5.81. The van der Waals surface area contributed by atoms with E-state index >= 15 is 0 Å². The maximum Gasteiger partial charge on any atom is 0.269 e. The molecule has 0 radical (unpaired) electrons. The van der Waals surface area contributed by atoms with Gasteiger partial charge in [0, 0.05) is 23.5 Å². The van der Waals surface area contributed by atoms with Crippen LogP contribution in [-0.2, 0) is 11.3 Å². The van der Waals surface area contributed by atoms with Crippen LogP contribution in [0.1, 0.15) is 23.1 Å². The third kappa shape index (κ3) is 4.11. The van der Waals surface area contributed by atoms with Gasteiger partial charge in [0.2, 0.25) is 5.91 Å². The number of halogens is 1. The van der Waals surface area contributed by atoms with Gasteiger partial charge in [-0.1, -0.05) is 11.6 Å². The molecule has 0 N–H and O–H groups in total. The van der Waals surface area contributed by atoms with Crippen LogP contribution in [0.15, 0.2) is 35.3 Å². The number of rotatable bonds is 5. The van der Waals surface area contributed by atoms with Gasteiger partial charge in [0.1, 0.15) is 18.2 Å². The zero-order valence-electron chi connectivity index (χ0n) is 14.5. The topological polar surface area (TPSA) is 89.9 Å². The Morgan fingerprint density at radius 1 is 1.23 bits per heavy atom. The summed E-state index contributed by atoms with van der Waals surface area (Å²) in [4.78, 5) is 26.6. The van der Waals surface area contributed by atoms with Gasteiger partial charge < -0.3 is 9.47 Å². The lowest BCUT2D eigenvalue weighted by Crippen LogP contribution is -2.37. The summed E-state index contributed by atoms with van der Waals surface area (Å²) in [5.74, 6) is -0.350. The van der Waals surface area contributed by atoms with E-state index in [-0.39, 0.29) is 31.0 Å². The third-order valence-electron chi connectivity index (χ3n) is 3.99. The van der Waals surface area contributed by atoms with Crippen LogP contribution < -0.4 is 10.5 Å². The highest BCUT2D eigenvalue weighted by Gasteiger charge is 2.18. The van der Waals surface area contributed by atoms with Gasteiger partial charge in [-0.3, -0.25) is 9.59 Å². The molecule has 0 aliphatic carbocycles. The average Bonchev–Trinajstić information content (AvgIpc) is 2.61. The molecule has 1 heterocycles. The lowest BCUT2D eigenvalue weighted by molar-refractivity contribution is -0.119. The lowest BCUT2D eigenvalue weighted by Gasteiger charge is -2.23. The van der Waals surface area contributed by atoms with Crippen molar-refractivity contribution < 1.29 is 4.79 Å². The fourth-order valence-corrected chi connectivity index (χ4v) is 2.63. The Morgan fingerprint density at radius 3 is 2.58 bits per heavy atom. The van der Waals surface area contributed by atoms with E-state index in [9.17, 15) is 9.59 Å². The van der Waals surface area contributed by atoms with Gasteiger partial charge in [-0.05, 0) is 49.2 Å². The second kappa shape index (κ2) is 8.33. The largest absolute Gasteiger partial charge is 0.310 e. The minimum Gasteiger partial charge on any atom is -0.310 e. The molecule has 1 aromatic heterocycles. The fraction of sp³-hybridized carbons (Fsp3) is 0.263. The highest BCUT2D eigenvalue weighted by Crippen LogP contribution is 2.23. The van der Waals surface area contributed by atoms with E-state index in [4.69, 9.17) is 22.1 Å². The van der Waals surface area contributed by atoms with E-state index in [0.29, 0.717) is 16.3 Å². The maximum atomic E-state index is 12.8. The number of nitriles is 2. The van der Waals surface area contributed by atoms with E-state index in [2.05, 4.69) is 0 Å². The van der Waals surface area contributed by atoms with Crippen LogP contribution in [0.25, 0.3) is 0 Å². The van der Waals surface area contributed by atoms with Crippen molar-refractivity contribution in [2.24, 2.45) is 0 Å². The Kier molecular flexibility index (Phi) is 6.16. The van der Waals surface area contributed by atoms with Crippen molar-refractivity contribution in [1.82, 2.24) is 4.57 Å². The number of carbonyl (C=O) groups excluding carboxylic acids is 1. The van der Waals surface area contributed by atoms with E-state index < -0.39 is 5.56 Å². The average molecular weight is 369 g/mol. The van der Waals surface area contributed by atoms with Crippen molar-refractivity contribution in [3.05, 3.63) is 62.5 Å². The van der Waals surface area contributed by atoms with Crippen molar-refractivity contribution in [1.29, 1.82) is 10.5 Å². The minimum atomic E-state index is -0.506. The van der Waals surface area contributed by atoms with Gasteiger partial charge in [-0.25, -0.2) is 0 Å². The SMILES string of the molecule is Cc1cc(N(CCC#N)C(=O)Cn2ccc(C)c(C#N)c2=O)ccc1Cl. The maximum absolute atomic E-state index is 12.8. The highest BCUT2D eigenvalue weighted by atomic mass is 35.5. The Balaban J connectivity index is 2.36. The molecule has 0 saturated carbocycles. The van der Waals surface area contributed by atoms with Crippen LogP contribution in [0.2, 0.25) is 5.02 Å². The molecule has 0 aliphatic rings. The van der Waals surface area contributed by atoms with Crippen LogP contribution in [0.4, 0.5) is 5.69 Å². The number of benzene rings is 1. The molecule has 2 rings (SSSR count). The fourth-order valence-electron chi connectivity index (χ4n) is 2.51. The number of carbonyl (C=O) groups is 1. The zero-order chi connectivity index (χ0) is 19.3. The first-order chi connectivity index (χ1) is 12.4. The number of amides is 1. The van der Waals surface area contributed by atoms with Crippen LogP contribution in [0.5, 0.6) is 0 Å². The van der Waals surface area contributed by atoms with Gasteiger partial charge in [0.25, 0.3) is 5.56 Å². The van der Waals surface area contributed by atoms with Crippen molar-refractivity contribution in [3.63, 3.8) is 0 Å². The molecule has 1 amide bonds. The molecule has 26 heavy (non-hydrogen) atoms. The molecule has 6 nitrogen and oxygen atoms in total. The van der Waals surface area contributed by atoms with Crippen molar-refractivity contribution in [3.8, 4) is 12.1 Å². The van der Waals surface area contributed by atoms with Gasteiger partial charge in [0.05, 0.1) is 12.5 Å². The molecule has 132 valence electrons. The monoisotopic (exact) mass is 368 g/mol. The van der Waals surface area contributed by atoms with Gasteiger partial charge in [0.15, 0.2) is 0 Å². The van der Waals surface area contributed by atoms with E-state index in [1.807, 2.05) is 19.1 Å². The molecule has 0 aliphatic heterocycles. The van der Waals surface area contributed by atoms with Gasteiger partial charge >= 0.3 is 0 Å². The summed E-state index contributed by atoms with van der Waals surface area (Å²) in [6, 6.07) is 10.7. The number of aryl methyl sites for hydroxylation is 2. The lowest BCUT2D eigenvalue weighted by atomic mass is 10.1. The van der Waals surface area contributed by atoms with Crippen molar-refractivity contribution in [2.45, 2.75) is 26.8 Å². The van der Waals surface area contributed by atoms with Crippen molar-refractivity contribution >= 4 is 23.2 Å². The first-order valence-electron chi connectivity index (χ1n) is 7.92. The quantitative estimate of drug-likeness (QED) is 0.811. The summed E-state index contributed by atoms with van der Waals surface area (Å²) in [5, 5.41) is 18.6. The molecule has 1 aromatic carbocycles. The molecular formula is C19H17ClN4O2. The molecule has 7 heteroatoms. The number of hydrogen-bond acceptors (Lipinski definition) is 4. The second-order valence-corrected chi connectivity index (χ2v) is 6.21. The molecule has 0 atom stereocenters. The van der Waals surface area contributed by atoms with Crippen LogP contribution in [-0.4, -0.2) is 17.0 Å². The summed E-state index contributed by atoms with van der Waals surface area (Å²) < 4.78 is 1.20. The Morgan fingerprint density at radius 2 is 1.96 bits per heavy atom. The smallest absolute Gasteiger partial charge is 0.269 e. The van der Waals surface area contributed by atoms with Crippen LogP contribution in [0.3, 0.4) is 0 Å². The molecule has 0 saturated heterocycles. The molecule has 2 aromatic rings. The Bertz CT molecular complexity index is 982. The zero-order valence-corrected chi connectivity index (χ0v) is 15.2. The van der Waals surface area contributed by atoms with Crippen molar-refractivity contribution in [2.75, 3.05) is 11.4 Å². The molecule has 0 spiro atoms. The summed E-state index contributed by atoms with van der Waals surface area (Å²) in [5.41, 5.74) is 1.49. The third-order valence-corrected chi connectivity index (χ3v) is 4.42. The van der Waals surface area contributed by atoms with Crippen LogP contribution >= 0.6 is 11.6 Å². The van der Waals surface area contributed by atoms with E-state index in [0.717, 1.165) is 5.56 Å². The summed E-state index contributed by atoms with van der Waals surface area (Å²) in [6.07, 6.45) is 1.64. The Labute approximate surface area is 156 Å². The molecule has 0 bridgehead atoms. The molecular weight excluding hydrogens is 352 g/mol. The first kappa shape index (κ1) is 19.2. The van der Waals surface area contributed by atoms with E-state index in [1.54, 1.807) is 31.2 Å². The first-order valence-corrected chi connectivity index (χ1v) is 8.30. The predicted molar refractivity (Wildman–Crippen MR) is 98.9 cm³/mol. The summed E-state index contributed by atoms with van der Waals surface area (Å²) in [6.45, 7) is 3.47. The highest BCUT2D eigenvalue weighted by molar-refractivity contribution is 6.31. The number of aromatic nitrogens is 1. The Hall–Kier alpha value is -3.09. The number of pyridine rings is 1. The number of nitrogens with zero attached hydrogens (tertiary/aromatic N) is 4. The van der Waals surface area contributed by atoms with Gasteiger partial charge in [-0.15, -0.1) is 0 Å². The van der Waals surface area contributed by atoms with Crippen LogP contribution in [0, 0.1) is 36.5 Å².